The molecule has 0 radical (unpaired) electrons. The molecule has 1 aliphatic carbocycles. The van der Waals surface area contributed by atoms with Crippen LogP contribution in [0.2, 0.25) is 0 Å². The molecule has 1 aliphatic heterocycles. The highest BCUT2D eigenvalue weighted by molar-refractivity contribution is 6.00. The van der Waals surface area contributed by atoms with Gasteiger partial charge in [-0.1, -0.05) is 6.07 Å². The molecule has 0 saturated heterocycles. The minimum Gasteiger partial charge on any atom is -0.482 e. The molecular weight excluding hydrogens is 552 g/mol. The number of methoxy groups -OCH3 is 1. The number of hydrogen-bond donors (Lipinski definition) is 2. The van der Waals surface area contributed by atoms with Crippen molar-refractivity contribution in [3.8, 4) is 5.75 Å². The summed E-state index contributed by atoms with van der Waals surface area (Å²) in [5.41, 5.74) is 2.78. The van der Waals surface area contributed by atoms with E-state index in [0.717, 1.165) is 18.6 Å². The summed E-state index contributed by atoms with van der Waals surface area (Å²) in [6.45, 7) is 11.7. The Balaban J connectivity index is 1.63. The number of ether oxygens (including phenoxy) is 3. The van der Waals surface area contributed by atoms with Crippen molar-refractivity contribution in [1.82, 2.24) is 15.2 Å². The Morgan fingerprint density at radius 3 is 2.49 bits per heavy atom. The number of pyridine rings is 1. The Bertz CT molecular complexity index is 1380. The van der Waals surface area contributed by atoms with E-state index in [2.05, 4.69) is 16.3 Å². The van der Waals surface area contributed by atoms with E-state index in [4.69, 9.17) is 19.2 Å². The maximum absolute atomic E-state index is 13.2. The van der Waals surface area contributed by atoms with E-state index >= 15 is 0 Å². The zero-order valence-electron chi connectivity index (χ0n) is 25.9. The average molecular weight is 596 g/mol. The average Bonchev–Trinajstić information content (AvgIpc) is 3.77. The summed E-state index contributed by atoms with van der Waals surface area (Å²) < 4.78 is 18.9. The lowest BCUT2D eigenvalue weighted by atomic mass is 10.0. The van der Waals surface area contributed by atoms with Gasteiger partial charge in [-0.3, -0.25) is 14.7 Å². The maximum atomic E-state index is 13.2. The number of nitrogens with one attached hydrogen (secondary N) is 1. The molecule has 1 saturated carbocycles. The predicted molar refractivity (Wildman–Crippen MR) is 160 cm³/mol. The molecule has 11 heteroatoms. The molecule has 0 spiro atoms. The molecule has 1 fully saturated rings. The van der Waals surface area contributed by atoms with Crippen molar-refractivity contribution in [1.29, 1.82) is 0 Å². The molecule has 4 rings (SSSR count). The van der Waals surface area contributed by atoms with Gasteiger partial charge in [-0.25, -0.2) is 4.79 Å². The predicted octanol–water partition coefficient (Wildman–Crippen LogP) is 4.19. The highest BCUT2D eigenvalue weighted by Gasteiger charge is 2.34. The number of rotatable bonds is 11. The second kappa shape index (κ2) is 13.6. The summed E-state index contributed by atoms with van der Waals surface area (Å²) in [6, 6.07) is 6.99. The summed E-state index contributed by atoms with van der Waals surface area (Å²) in [5, 5.41) is 12.5. The van der Waals surface area contributed by atoms with Crippen LogP contribution in [-0.4, -0.2) is 95.3 Å². The molecule has 1 aromatic carbocycles. The Kier molecular flexibility index (Phi) is 10.2. The lowest BCUT2D eigenvalue weighted by Gasteiger charge is -2.30. The number of benzene rings is 1. The van der Waals surface area contributed by atoms with Crippen molar-refractivity contribution < 1.29 is 38.3 Å². The van der Waals surface area contributed by atoms with Gasteiger partial charge in [0.05, 0.1) is 36.5 Å². The molecule has 232 valence electrons. The van der Waals surface area contributed by atoms with Crippen LogP contribution in [0.4, 0.5) is 4.79 Å². The number of nitrogens with zero attached hydrogens (tertiary/aromatic N) is 3. The number of aryl methyl sites for hydroxylation is 1. The van der Waals surface area contributed by atoms with Crippen molar-refractivity contribution in [2.45, 2.75) is 65.1 Å². The monoisotopic (exact) mass is 595 g/mol. The van der Waals surface area contributed by atoms with Crippen LogP contribution < -0.4 is 10.1 Å². The number of amides is 2. The molecular formula is C32H43N4O7+. The minimum atomic E-state index is -1.13. The second-order valence-electron chi connectivity index (χ2n) is 12.2. The smallest absolute Gasteiger partial charge is 0.482 e. The lowest BCUT2D eigenvalue weighted by molar-refractivity contribution is -0.458. The minimum absolute atomic E-state index is 0.0243. The molecule has 1 atom stereocenters. The second-order valence-corrected chi connectivity index (χ2v) is 12.2. The molecule has 2 aromatic rings. The highest BCUT2D eigenvalue weighted by Crippen LogP contribution is 2.40. The fraction of sp³-hybridized carbons (Fsp3) is 0.531. The molecule has 2 heterocycles. The number of aromatic carboxylic acids is 1. The van der Waals surface area contributed by atoms with Crippen LogP contribution in [-0.2, 0) is 9.47 Å². The number of carboxylic acid groups (broad SMARTS) is 1. The van der Waals surface area contributed by atoms with Gasteiger partial charge in [-0.15, -0.1) is 4.58 Å². The molecule has 0 bridgehead atoms. The first-order valence-electron chi connectivity index (χ1n) is 14.7. The third kappa shape index (κ3) is 8.61. The zero-order chi connectivity index (χ0) is 31.3. The Morgan fingerprint density at radius 2 is 1.91 bits per heavy atom. The van der Waals surface area contributed by atoms with E-state index in [1.165, 1.54) is 18.7 Å². The molecule has 1 aromatic heterocycles. The lowest BCUT2D eigenvalue weighted by Crippen LogP contribution is -2.48. The van der Waals surface area contributed by atoms with Crippen LogP contribution in [0.5, 0.6) is 5.75 Å². The van der Waals surface area contributed by atoms with Gasteiger partial charge in [0.2, 0.25) is 0 Å². The number of hydrogen-bond acceptors (Lipinski definition) is 8. The zero-order valence-corrected chi connectivity index (χ0v) is 25.9. The van der Waals surface area contributed by atoms with E-state index in [9.17, 15) is 19.5 Å². The topological polar surface area (TPSA) is 130 Å². The largest absolute Gasteiger partial charge is 0.596 e. The molecule has 0 unspecified atom stereocenters. The SMILES string of the molecule is COCCNC(=O)c1cc(C(=O)O)c(C)cc1O[C@H](CN1CC[N+](C(=O)OC(C)(C)C)=C(C)C1)c1ccc(C2CC2)cn1. The van der Waals surface area contributed by atoms with Crippen LogP contribution in [0.3, 0.4) is 0 Å². The van der Waals surface area contributed by atoms with Gasteiger partial charge in [0.25, 0.3) is 5.91 Å². The van der Waals surface area contributed by atoms with Crippen molar-refractivity contribution in [2.75, 3.05) is 46.4 Å². The van der Waals surface area contributed by atoms with Gasteiger partial charge in [0.1, 0.15) is 11.4 Å². The van der Waals surface area contributed by atoms with Gasteiger partial charge < -0.3 is 24.6 Å². The normalized spacial score (nSPS) is 16.5. The molecule has 43 heavy (non-hydrogen) atoms. The van der Waals surface area contributed by atoms with Gasteiger partial charge in [-0.05, 0) is 75.8 Å². The summed E-state index contributed by atoms with van der Waals surface area (Å²) in [4.78, 5) is 44.8. The van der Waals surface area contributed by atoms with Crippen LogP contribution in [0, 0.1) is 6.92 Å². The number of carboxylic acids is 1. The number of carbonyl (C=O) groups excluding carboxylic acids is 2. The maximum Gasteiger partial charge on any atom is 0.596 e. The van der Waals surface area contributed by atoms with Gasteiger partial charge >= 0.3 is 12.1 Å². The van der Waals surface area contributed by atoms with E-state index in [1.807, 2.05) is 40.0 Å². The first kappa shape index (κ1) is 32.1. The van der Waals surface area contributed by atoms with E-state index < -0.39 is 23.6 Å². The van der Waals surface area contributed by atoms with Crippen molar-refractivity contribution in [2.24, 2.45) is 0 Å². The number of aromatic nitrogens is 1. The summed E-state index contributed by atoms with van der Waals surface area (Å²) in [6.07, 6.45) is 3.27. The van der Waals surface area contributed by atoms with Crippen LogP contribution >= 0.6 is 0 Å². The quantitative estimate of drug-likeness (QED) is 0.290. The van der Waals surface area contributed by atoms with Crippen molar-refractivity contribution >= 4 is 23.7 Å². The fourth-order valence-electron chi connectivity index (χ4n) is 5.03. The Morgan fingerprint density at radius 1 is 1.16 bits per heavy atom. The summed E-state index contributed by atoms with van der Waals surface area (Å²) in [5.74, 6) is -0.769. The fourth-order valence-corrected chi connectivity index (χ4v) is 5.03. The van der Waals surface area contributed by atoms with Gasteiger partial charge in [0, 0.05) is 33.3 Å². The van der Waals surface area contributed by atoms with Crippen molar-refractivity contribution in [3.05, 3.63) is 58.4 Å². The van der Waals surface area contributed by atoms with Crippen LogP contribution in [0.25, 0.3) is 0 Å². The Labute approximate surface area is 252 Å². The summed E-state index contributed by atoms with van der Waals surface area (Å²) >= 11 is 0. The highest BCUT2D eigenvalue weighted by atomic mass is 16.6. The Hall–Kier alpha value is -3.83. The van der Waals surface area contributed by atoms with Crippen LogP contribution in [0.15, 0.2) is 30.5 Å². The van der Waals surface area contributed by atoms with Crippen LogP contribution in [0.1, 0.15) is 90.1 Å². The third-order valence-corrected chi connectivity index (χ3v) is 7.44. The van der Waals surface area contributed by atoms with E-state index in [-0.39, 0.29) is 29.5 Å². The molecule has 2 N–H and O–H groups in total. The van der Waals surface area contributed by atoms with E-state index in [0.29, 0.717) is 50.0 Å². The standard InChI is InChI=1S/C32H42N4O7/c1-20-15-27(25(16-24(20)30(38)39)29(37)33-11-14-41-6)42-28(26-10-9-23(17-34-26)22-7-8-22)19-35-12-13-36(21(2)18-35)31(40)43-32(3,4)5/h9-10,15-17,22,28H,7-8,11-14,18-19H2,1-6H3,(H-,33,37,38,39)/p+1/t28-/m1/s1. The first-order valence-corrected chi connectivity index (χ1v) is 14.7. The van der Waals surface area contributed by atoms with Crippen molar-refractivity contribution in [3.63, 3.8) is 0 Å². The number of carbonyl (C=O) groups is 3. The molecule has 2 amide bonds. The van der Waals surface area contributed by atoms with Gasteiger partial charge in [-0.2, -0.15) is 4.79 Å². The van der Waals surface area contributed by atoms with E-state index in [1.54, 1.807) is 17.6 Å². The summed E-state index contributed by atoms with van der Waals surface area (Å²) in [7, 11) is 1.54. The van der Waals surface area contributed by atoms with Gasteiger partial charge in [0.15, 0.2) is 18.4 Å². The molecule has 11 nitrogen and oxygen atoms in total. The third-order valence-electron chi connectivity index (χ3n) is 7.44. The first-order chi connectivity index (χ1) is 20.4. The molecule has 2 aliphatic rings.